The summed E-state index contributed by atoms with van der Waals surface area (Å²) < 4.78 is 5.06. The zero-order valence-electron chi connectivity index (χ0n) is 8.66. The van der Waals surface area contributed by atoms with Crippen molar-refractivity contribution < 1.29 is 9.21 Å². The maximum Gasteiger partial charge on any atom is 0.259 e. The van der Waals surface area contributed by atoms with Crippen molar-refractivity contribution in [3.05, 3.63) is 52.9 Å². The Morgan fingerprint density at radius 3 is 2.81 bits per heavy atom. The second-order valence-corrected chi connectivity index (χ2v) is 3.79. The molecule has 4 heteroatoms. The Balaban J connectivity index is 2.17. The lowest BCUT2D eigenvalue weighted by Gasteiger charge is -2.04. The van der Waals surface area contributed by atoms with Gasteiger partial charge in [0, 0.05) is 10.7 Å². The highest BCUT2D eigenvalue weighted by Crippen LogP contribution is 2.17. The third-order valence-corrected chi connectivity index (χ3v) is 2.42. The number of furan rings is 1. The molecule has 0 unspecified atom stereocenters. The number of nitrogens with one attached hydrogen (secondary N) is 1. The predicted molar refractivity (Wildman–Crippen MR) is 62.9 cm³/mol. The molecule has 0 aliphatic carbocycles. The van der Waals surface area contributed by atoms with Crippen LogP contribution in [0, 0.1) is 6.92 Å². The first-order valence-electron chi connectivity index (χ1n) is 4.78. The quantitative estimate of drug-likeness (QED) is 0.866. The first-order valence-corrected chi connectivity index (χ1v) is 5.15. The molecule has 0 spiro atoms. The molecule has 16 heavy (non-hydrogen) atoms. The van der Waals surface area contributed by atoms with Crippen LogP contribution < -0.4 is 5.32 Å². The summed E-state index contributed by atoms with van der Waals surface area (Å²) in [5.74, 6) is 0.396. The lowest BCUT2D eigenvalue weighted by molar-refractivity contribution is 0.102. The summed E-state index contributed by atoms with van der Waals surface area (Å²) in [7, 11) is 0. The standard InChI is InChI=1S/C12H10ClNO2/c1-8-11(5-6-16-8)12(15)14-10-4-2-3-9(13)7-10/h2-7H,1H3,(H,14,15). The molecule has 0 saturated carbocycles. The topological polar surface area (TPSA) is 42.2 Å². The Kier molecular flexibility index (Phi) is 2.97. The Morgan fingerprint density at radius 1 is 1.38 bits per heavy atom. The predicted octanol–water partition coefficient (Wildman–Crippen LogP) is 3.49. The summed E-state index contributed by atoms with van der Waals surface area (Å²) in [4.78, 5) is 11.8. The number of halogens is 1. The summed E-state index contributed by atoms with van der Waals surface area (Å²) in [5, 5.41) is 3.33. The van der Waals surface area contributed by atoms with Crippen LogP contribution in [0.1, 0.15) is 16.1 Å². The van der Waals surface area contributed by atoms with Gasteiger partial charge in [-0.3, -0.25) is 4.79 Å². The van der Waals surface area contributed by atoms with Gasteiger partial charge in [0.1, 0.15) is 5.76 Å². The van der Waals surface area contributed by atoms with E-state index in [2.05, 4.69) is 5.32 Å². The molecular formula is C12H10ClNO2. The minimum Gasteiger partial charge on any atom is -0.469 e. The minimum absolute atomic E-state index is 0.200. The fourth-order valence-electron chi connectivity index (χ4n) is 1.39. The van der Waals surface area contributed by atoms with E-state index >= 15 is 0 Å². The van der Waals surface area contributed by atoms with Crippen LogP contribution in [0.15, 0.2) is 41.0 Å². The number of carbonyl (C=O) groups excluding carboxylic acids is 1. The van der Waals surface area contributed by atoms with E-state index in [1.165, 1.54) is 6.26 Å². The van der Waals surface area contributed by atoms with Crippen molar-refractivity contribution in [2.45, 2.75) is 6.92 Å². The van der Waals surface area contributed by atoms with Gasteiger partial charge in [0.2, 0.25) is 0 Å². The number of anilines is 1. The molecule has 1 aromatic carbocycles. The third-order valence-electron chi connectivity index (χ3n) is 2.19. The number of rotatable bonds is 2. The van der Waals surface area contributed by atoms with Gasteiger partial charge >= 0.3 is 0 Å². The molecule has 2 aromatic rings. The summed E-state index contributed by atoms with van der Waals surface area (Å²) in [5.41, 5.74) is 1.19. The molecule has 2 rings (SSSR count). The van der Waals surface area contributed by atoms with Gasteiger partial charge in [-0.25, -0.2) is 0 Å². The second-order valence-electron chi connectivity index (χ2n) is 3.35. The molecule has 0 aliphatic rings. The van der Waals surface area contributed by atoms with E-state index in [4.69, 9.17) is 16.0 Å². The van der Waals surface area contributed by atoms with Crippen LogP contribution in [-0.2, 0) is 0 Å². The highest BCUT2D eigenvalue weighted by molar-refractivity contribution is 6.30. The van der Waals surface area contributed by atoms with Gasteiger partial charge in [-0.05, 0) is 31.2 Å². The Labute approximate surface area is 98.0 Å². The van der Waals surface area contributed by atoms with Gasteiger partial charge in [0.05, 0.1) is 11.8 Å². The normalized spacial score (nSPS) is 10.1. The fraction of sp³-hybridized carbons (Fsp3) is 0.0833. The summed E-state index contributed by atoms with van der Waals surface area (Å²) in [6.07, 6.45) is 1.49. The molecule has 82 valence electrons. The highest BCUT2D eigenvalue weighted by Gasteiger charge is 2.11. The number of hydrogen-bond acceptors (Lipinski definition) is 2. The monoisotopic (exact) mass is 235 g/mol. The maximum atomic E-state index is 11.8. The van der Waals surface area contributed by atoms with Crippen molar-refractivity contribution >= 4 is 23.2 Å². The molecular weight excluding hydrogens is 226 g/mol. The summed E-state index contributed by atoms with van der Waals surface area (Å²) >= 11 is 5.81. The van der Waals surface area contributed by atoms with Crippen LogP contribution in [0.2, 0.25) is 5.02 Å². The highest BCUT2D eigenvalue weighted by atomic mass is 35.5. The van der Waals surface area contributed by atoms with E-state index < -0.39 is 0 Å². The molecule has 0 bridgehead atoms. The first kappa shape index (κ1) is 10.8. The molecule has 1 heterocycles. The zero-order chi connectivity index (χ0) is 11.5. The smallest absolute Gasteiger partial charge is 0.259 e. The number of amides is 1. The molecule has 0 fully saturated rings. The number of carbonyl (C=O) groups is 1. The van der Waals surface area contributed by atoms with Crippen molar-refractivity contribution in [3.63, 3.8) is 0 Å². The van der Waals surface area contributed by atoms with Gasteiger partial charge < -0.3 is 9.73 Å². The van der Waals surface area contributed by atoms with E-state index in [1.807, 2.05) is 0 Å². The minimum atomic E-state index is -0.200. The van der Waals surface area contributed by atoms with Gasteiger partial charge in [-0.2, -0.15) is 0 Å². The molecule has 0 atom stereocenters. The van der Waals surface area contributed by atoms with E-state index in [0.717, 1.165) is 0 Å². The van der Waals surface area contributed by atoms with Crippen LogP contribution in [0.3, 0.4) is 0 Å². The first-order chi connectivity index (χ1) is 7.66. The molecule has 0 saturated heterocycles. The van der Waals surface area contributed by atoms with Gasteiger partial charge in [-0.1, -0.05) is 17.7 Å². The van der Waals surface area contributed by atoms with Crippen LogP contribution >= 0.6 is 11.6 Å². The average molecular weight is 236 g/mol. The van der Waals surface area contributed by atoms with Crippen molar-refractivity contribution in [1.82, 2.24) is 0 Å². The molecule has 1 N–H and O–H groups in total. The van der Waals surface area contributed by atoms with E-state index in [1.54, 1.807) is 37.3 Å². The van der Waals surface area contributed by atoms with Crippen LogP contribution in [-0.4, -0.2) is 5.91 Å². The van der Waals surface area contributed by atoms with Gasteiger partial charge in [0.25, 0.3) is 5.91 Å². The number of aryl methyl sites for hydroxylation is 1. The van der Waals surface area contributed by atoms with Crippen LogP contribution in [0.25, 0.3) is 0 Å². The number of hydrogen-bond donors (Lipinski definition) is 1. The van der Waals surface area contributed by atoms with Crippen molar-refractivity contribution in [1.29, 1.82) is 0 Å². The van der Waals surface area contributed by atoms with E-state index in [0.29, 0.717) is 22.0 Å². The van der Waals surface area contributed by atoms with E-state index in [9.17, 15) is 4.79 Å². The zero-order valence-corrected chi connectivity index (χ0v) is 9.41. The van der Waals surface area contributed by atoms with Gasteiger partial charge in [0.15, 0.2) is 0 Å². The Morgan fingerprint density at radius 2 is 2.19 bits per heavy atom. The lowest BCUT2D eigenvalue weighted by Crippen LogP contribution is -2.11. The van der Waals surface area contributed by atoms with Crippen molar-refractivity contribution in [3.8, 4) is 0 Å². The second kappa shape index (κ2) is 4.41. The largest absolute Gasteiger partial charge is 0.469 e. The SMILES string of the molecule is Cc1occc1C(=O)Nc1cccc(Cl)c1. The third kappa shape index (κ3) is 2.25. The molecule has 1 amide bonds. The summed E-state index contributed by atoms with van der Waals surface area (Å²) in [6.45, 7) is 1.74. The van der Waals surface area contributed by atoms with Crippen LogP contribution in [0.4, 0.5) is 5.69 Å². The maximum absolute atomic E-state index is 11.8. The van der Waals surface area contributed by atoms with Gasteiger partial charge in [-0.15, -0.1) is 0 Å². The Bertz CT molecular complexity index is 519. The van der Waals surface area contributed by atoms with Crippen LogP contribution in [0.5, 0.6) is 0 Å². The fourth-order valence-corrected chi connectivity index (χ4v) is 1.58. The van der Waals surface area contributed by atoms with Crippen molar-refractivity contribution in [2.75, 3.05) is 5.32 Å². The lowest BCUT2D eigenvalue weighted by atomic mass is 10.2. The molecule has 0 aliphatic heterocycles. The molecule has 1 aromatic heterocycles. The Hall–Kier alpha value is -1.74. The molecule has 3 nitrogen and oxygen atoms in total. The number of benzene rings is 1. The van der Waals surface area contributed by atoms with E-state index in [-0.39, 0.29) is 5.91 Å². The van der Waals surface area contributed by atoms with Crippen molar-refractivity contribution in [2.24, 2.45) is 0 Å². The molecule has 0 radical (unpaired) electrons. The average Bonchev–Trinajstić information content (AvgIpc) is 2.64. The summed E-state index contributed by atoms with van der Waals surface area (Å²) in [6, 6.07) is 8.63.